The first-order chi connectivity index (χ1) is 10.8. The highest BCUT2D eigenvalue weighted by atomic mass is 32.2. The lowest BCUT2D eigenvalue weighted by molar-refractivity contribution is 0.598. The molecule has 0 bridgehead atoms. The Morgan fingerprint density at radius 1 is 1.17 bits per heavy atom. The zero-order valence-electron chi connectivity index (χ0n) is 13.2. The zero-order valence-corrected chi connectivity index (χ0v) is 14.0. The van der Waals surface area contributed by atoms with E-state index < -0.39 is 10.0 Å². The summed E-state index contributed by atoms with van der Waals surface area (Å²) in [7, 11) is -3.64. The largest absolute Gasteiger partial charge is 0.370 e. The Morgan fingerprint density at radius 2 is 1.87 bits per heavy atom. The van der Waals surface area contributed by atoms with E-state index in [4.69, 9.17) is 5.14 Å². The van der Waals surface area contributed by atoms with E-state index in [0.717, 1.165) is 17.8 Å². The normalized spacial score (nSPS) is 11.5. The highest BCUT2D eigenvalue weighted by Gasteiger charge is 2.06. The summed E-state index contributed by atoms with van der Waals surface area (Å²) in [5.41, 5.74) is 1.01. The number of anilines is 2. The summed E-state index contributed by atoms with van der Waals surface area (Å²) in [6, 6.07) is 8.61. The Morgan fingerprint density at radius 3 is 2.48 bits per heavy atom. The predicted molar refractivity (Wildman–Crippen MR) is 90.8 cm³/mol. The van der Waals surface area contributed by atoms with Crippen LogP contribution in [-0.4, -0.2) is 31.0 Å². The van der Waals surface area contributed by atoms with Gasteiger partial charge in [0.15, 0.2) is 0 Å². The summed E-state index contributed by atoms with van der Waals surface area (Å²) < 4.78 is 22.4. The lowest BCUT2D eigenvalue weighted by Gasteiger charge is -2.10. The Balaban J connectivity index is 1.90. The molecule has 0 spiro atoms. The van der Waals surface area contributed by atoms with Gasteiger partial charge in [-0.15, -0.1) is 0 Å². The fourth-order valence-electron chi connectivity index (χ4n) is 1.97. The molecule has 0 saturated carbocycles. The molecular weight excluding hydrogens is 314 g/mol. The number of hydrogen-bond acceptors (Lipinski definition) is 6. The van der Waals surface area contributed by atoms with Crippen LogP contribution in [0.1, 0.15) is 19.4 Å². The molecule has 1 aromatic carbocycles. The molecule has 0 aliphatic rings. The van der Waals surface area contributed by atoms with Crippen molar-refractivity contribution in [3.05, 3.63) is 42.1 Å². The van der Waals surface area contributed by atoms with Gasteiger partial charge < -0.3 is 10.6 Å². The first kappa shape index (κ1) is 17.2. The molecule has 2 aromatic rings. The second-order valence-corrected chi connectivity index (χ2v) is 6.99. The minimum atomic E-state index is -3.64. The van der Waals surface area contributed by atoms with Gasteiger partial charge in [-0.1, -0.05) is 12.1 Å². The molecule has 0 amide bonds. The highest BCUT2D eigenvalue weighted by molar-refractivity contribution is 7.89. The molecule has 23 heavy (non-hydrogen) atoms. The van der Waals surface area contributed by atoms with Crippen molar-refractivity contribution in [3.63, 3.8) is 0 Å². The van der Waals surface area contributed by atoms with Gasteiger partial charge in [0.05, 0.1) is 4.90 Å². The highest BCUT2D eigenvalue weighted by Crippen LogP contribution is 2.10. The van der Waals surface area contributed by atoms with Crippen molar-refractivity contribution in [3.8, 4) is 0 Å². The van der Waals surface area contributed by atoms with E-state index in [0.29, 0.717) is 12.5 Å². The third-order valence-electron chi connectivity index (χ3n) is 3.05. The number of nitrogens with zero attached hydrogens (tertiary/aromatic N) is 2. The summed E-state index contributed by atoms with van der Waals surface area (Å²) in [5, 5.41) is 11.4. The maximum atomic E-state index is 11.2. The number of nitrogens with one attached hydrogen (secondary N) is 2. The molecule has 0 aliphatic carbocycles. The van der Waals surface area contributed by atoms with Crippen LogP contribution >= 0.6 is 0 Å². The van der Waals surface area contributed by atoms with Crippen LogP contribution in [0.2, 0.25) is 0 Å². The molecular formula is C15H21N5O2S. The summed E-state index contributed by atoms with van der Waals surface area (Å²) in [6.07, 6.45) is 2.43. The summed E-state index contributed by atoms with van der Waals surface area (Å²) in [6.45, 7) is 4.72. The van der Waals surface area contributed by atoms with Gasteiger partial charge in [-0.25, -0.2) is 18.5 Å². The maximum absolute atomic E-state index is 11.2. The number of sulfonamides is 1. The number of nitrogens with two attached hydrogens (primary N) is 1. The Labute approximate surface area is 136 Å². The van der Waals surface area contributed by atoms with Crippen molar-refractivity contribution < 1.29 is 8.42 Å². The first-order valence-electron chi connectivity index (χ1n) is 7.30. The molecule has 2 rings (SSSR count). The fourth-order valence-corrected chi connectivity index (χ4v) is 2.48. The standard InChI is InChI=1S/C15H21N5O2S/c1-11(2)19-15-18-10-8-14(20-15)17-9-7-12-3-5-13(6-4-12)23(16,21)22/h3-6,8,10-11H,7,9H2,1-2H3,(H2,16,21,22)(H2,17,18,19,20). The van der Waals surface area contributed by atoms with Gasteiger partial charge in [-0.3, -0.25) is 0 Å². The van der Waals surface area contributed by atoms with E-state index in [1.54, 1.807) is 24.4 Å². The van der Waals surface area contributed by atoms with Crippen LogP contribution in [0.3, 0.4) is 0 Å². The number of aromatic nitrogens is 2. The summed E-state index contributed by atoms with van der Waals surface area (Å²) in [4.78, 5) is 8.63. The van der Waals surface area contributed by atoms with E-state index >= 15 is 0 Å². The molecule has 0 fully saturated rings. The Hall–Kier alpha value is -2.19. The average molecular weight is 335 g/mol. The lowest BCUT2D eigenvalue weighted by atomic mass is 10.1. The summed E-state index contributed by atoms with van der Waals surface area (Å²) in [5.74, 6) is 1.33. The quantitative estimate of drug-likeness (QED) is 0.709. The molecule has 0 atom stereocenters. The maximum Gasteiger partial charge on any atom is 0.238 e. The van der Waals surface area contributed by atoms with Crippen LogP contribution in [0.5, 0.6) is 0 Å². The second-order valence-electron chi connectivity index (χ2n) is 5.43. The van der Waals surface area contributed by atoms with Gasteiger partial charge in [0.1, 0.15) is 5.82 Å². The van der Waals surface area contributed by atoms with Crippen LogP contribution in [0.4, 0.5) is 11.8 Å². The number of benzene rings is 1. The van der Waals surface area contributed by atoms with E-state index in [1.807, 2.05) is 13.8 Å². The minimum Gasteiger partial charge on any atom is -0.370 e. The third-order valence-corrected chi connectivity index (χ3v) is 3.97. The number of primary sulfonamides is 1. The molecule has 0 radical (unpaired) electrons. The van der Waals surface area contributed by atoms with Gasteiger partial charge in [0.2, 0.25) is 16.0 Å². The van der Waals surface area contributed by atoms with E-state index in [2.05, 4.69) is 20.6 Å². The topological polar surface area (TPSA) is 110 Å². The summed E-state index contributed by atoms with van der Waals surface area (Å²) >= 11 is 0. The van der Waals surface area contributed by atoms with Crippen molar-refractivity contribution in [2.75, 3.05) is 17.2 Å². The van der Waals surface area contributed by atoms with Crippen molar-refractivity contribution in [2.45, 2.75) is 31.2 Å². The third kappa shape index (κ3) is 5.50. The molecule has 1 heterocycles. The van der Waals surface area contributed by atoms with Gasteiger partial charge in [0.25, 0.3) is 0 Å². The fraction of sp³-hybridized carbons (Fsp3) is 0.333. The second kappa shape index (κ2) is 7.38. The first-order valence-corrected chi connectivity index (χ1v) is 8.84. The average Bonchev–Trinajstić information content (AvgIpc) is 2.46. The minimum absolute atomic E-state index is 0.120. The molecule has 0 aliphatic heterocycles. The predicted octanol–water partition coefficient (Wildman–Crippen LogP) is 1.60. The molecule has 0 saturated heterocycles. The monoisotopic (exact) mass is 335 g/mol. The smallest absolute Gasteiger partial charge is 0.238 e. The van der Waals surface area contributed by atoms with Crippen LogP contribution in [0, 0.1) is 0 Å². The van der Waals surface area contributed by atoms with E-state index in [-0.39, 0.29) is 10.9 Å². The molecule has 0 unspecified atom stereocenters. The molecule has 7 nitrogen and oxygen atoms in total. The van der Waals surface area contributed by atoms with Crippen molar-refractivity contribution >= 4 is 21.8 Å². The van der Waals surface area contributed by atoms with Crippen molar-refractivity contribution in [1.82, 2.24) is 9.97 Å². The van der Waals surface area contributed by atoms with Crippen molar-refractivity contribution in [2.24, 2.45) is 5.14 Å². The van der Waals surface area contributed by atoms with Crippen LogP contribution in [0.25, 0.3) is 0 Å². The van der Waals surface area contributed by atoms with E-state index in [1.165, 1.54) is 12.1 Å². The van der Waals surface area contributed by atoms with Crippen LogP contribution in [-0.2, 0) is 16.4 Å². The molecule has 8 heteroatoms. The van der Waals surface area contributed by atoms with Gasteiger partial charge in [-0.2, -0.15) is 4.98 Å². The Bertz CT molecular complexity index is 745. The van der Waals surface area contributed by atoms with Gasteiger partial charge in [-0.05, 0) is 44.0 Å². The molecule has 1 aromatic heterocycles. The number of rotatable bonds is 7. The van der Waals surface area contributed by atoms with Crippen molar-refractivity contribution in [1.29, 1.82) is 0 Å². The number of hydrogen-bond donors (Lipinski definition) is 3. The van der Waals surface area contributed by atoms with Crippen LogP contribution < -0.4 is 15.8 Å². The van der Waals surface area contributed by atoms with Gasteiger partial charge in [0, 0.05) is 18.8 Å². The SMILES string of the molecule is CC(C)Nc1nccc(NCCc2ccc(S(N)(=O)=O)cc2)n1. The van der Waals surface area contributed by atoms with Crippen LogP contribution in [0.15, 0.2) is 41.4 Å². The molecule has 124 valence electrons. The van der Waals surface area contributed by atoms with Gasteiger partial charge >= 0.3 is 0 Å². The Kier molecular flexibility index (Phi) is 5.51. The van der Waals surface area contributed by atoms with E-state index in [9.17, 15) is 8.42 Å². The lowest BCUT2D eigenvalue weighted by Crippen LogP contribution is -2.14. The zero-order chi connectivity index (χ0) is 16.9. The molecule has 4 N–H and O–H groups in total.